The van der Waals surface area contributed by atoms with E-state index in [0.717, 1.165) is 28.3 Å². The third-order valence-electron chi connectivity index (χ3n) is 5.90. The quantitative estimate of drug-likeness (QED) is 0.474. The van der Waals surface area contributed by atoms with E-state index in [1.165, 1.54) is 11.3 Å². The summed E-state index contributed by atoms with van der Waals surface area (Å²) in [4.78, 5) is 24.6. The highest BCUT2D eigenvalue weighted by Crippen LogP contribution is 2.43. The summed E-state index contributed by atoms with van der Waals surface area (Å²) < 4.78 is 38.9. The molecule has 4 rings (SSSR count). The van der Waals surface area contributed by atoms with E-state index in [2.05, 4.69) is 25.6 Å². The molecule has 11 heteroatoms. The summed E-state index contributed by atoms with van der Waals surface area (Å²) in [5, 5.41) is 17.3. The number of nitrogens with one attached hydrogen (secondary N) is 2. The molecule has 0 unspecified atom stereocenters. The molecule has 0 saturated heterocycles. The number of hydrogen-bond donors (Lipinski definition) is 3. The highest BCUT2D eigenvalue weighted by Gasteiger charge is 2.39. The van der Waals surface area contributed by atoms with Crippen LogP contribution in [0.2, 0.25) is 0 Å². The van der Waals surface area contributed by atoms with Crippen LogP contribution in [0.5, 0.6) is 0 Å². The first-order valence-corrected chi connectivity index (χ1v) is 11.6. The van der Waals surface area contributed by atoms with Gasteiger partial charge >= 0.3 is 6.18 Å². The van der Waals surface area contributed by atoms with Crippen LogP contribution in [0, 0.1) is 12.8 Å². The van der Waals surface area contributed by atoms with Crippen LogP contribution in [-0.2, 0) is 16.6 Å². The Morgan fingerprint density at radius 1 is 1.21 bits per heavy atom. The zero-order chi connectivity index (χ0) is 24.5. The molecule has 0 bridgehead atoms. The Morgan fingerprint density at radius 2 is 1.94 bits per heavy atom. The van der Waals surface area contributed by atoms with Gasteiger partial charge in [-0.15, -0.1) is 11.3 Å². The lowest BCUT2D eigenvalue weighted by Crippen LogP contribution is -2.37. The van der Waals surface area contributed by atoms with E-state index >= 15 is 0 Å². The number of aryl methyl sites for hydroxylation is 1. The normalized spacial score (nSPS) is 20.7. The topological polar surface area (TPSA) is 100 Å². The minimum atomic E-state index is -4.56. The van der Waals surface area contributed by atoms with Gasteiger partial charge < -0.3 is 15.7 Å². The van der Waals surface area contributed by atoms with E-state index in [-0.39, 0.29) is 17.8 Å². The molecule has 1 amide bonds. The van der Waals surface area contributed by atoms with Gasteiger partial charge in [-0.1, -0.05) is 6.07 Å². The van der Waals surface area contributed by atoms with Crippen LogP contribution in [0.4, 0.5) is 24.8 Å². The summed E-state index contributed by atoms with van der Waals surface area (Å²) in [6.45, 7) is 1.87. The zero-order valence-corrected chi connectivity index (χ0v) is 19.4. The Labute approximate surface area is 198 Å². The standard InChI is InChI=1S/C23H24F3N5O2S/c1-13-9-15(11-16(10-13)30-21-28-8-5-18(31-21)23(24,25)26)17-12-29-20(34-17)22(33)6-3-14(4-7-22)19(32)27-2/h5,8-12,14,33H,3-4,6-7H2,1-2H3,(H,27,32)(H,28,30,31)/t14-,22-. The number of aromatic nitrogens is 3. The van der Waals surface area contributed by atoms with Crippen LogP contribution < -0.4 is 10.6 Å². The van der Waals surface area contributed by atoms with Crippen LogP contribution in [0.1, 0.15) is 41.9 Å². The number of rotatable bonds is 5. The number of aliphatic hydroxyl groups is 1. The molecule has 180 valence electrons. The fraction of sp³-hybridized carbons (Fsp3) is 0.391. The summed E-state index contributed by atoms with van der Waals surface area (Å²) >= 11 is 1.37. The third-order valence-corrected chi connectivity index (χ3v) is 7.14. The van der Waals surface area contributed by atoms with Crippen molar-refractivity contribution in [3.05, 3.63) is 52.9 Å². The summed E-state index contributed by atoms with van der Waals surface area (Å²) in [6.07, 6.45) is 0.250. The van der Waals surface area contributed by atoms with Gasteiger partial charge in [0, 0.05) is 31.0 Å². The van der Waals surface area contributed by atoms with Crippen LogP contribution in [-0.4, -0.2) is 33.0 Å². The number of hydrogen-bond acceptors (Lipinski definition) is 7. The molecule has 1 aromatic carbocycles. The van der Waals surface area contributed by atoms with Gasteiger partial charge in [-0.05, 0) is 61.9 Å². The monoisotopic (exact) mass is 491 g/mol. The lowest BCUT2D eigenvalue weighted by atomic mass is 9.79. The number of nitrogens with zero attached hydrogens (tertiary/aromatic N) is 3. The van der Waals surface area contributed by atoms with Gasteiger partial charge in [-0.2, -0.15) is 13.2 Å². The van der Waals surface area contributed by atoms with Gasteiger partial charge in [0.25, 0.3) is 0 Å². The zero-order valence-electron chi connectivity index (χ0n) is 18.6. The summed E-state index contributed by atoms with van der Waals surface area (Å²) in [6, 6.07) is 6.31. The average Bonchev–Trinajstić information content (AvgIpc) is 3.30. The lowest BCUT2D eigenvalue weighted by molar-refractivity contribution is -0.141. The van der Waals surface area contributed by atoms with Crippen LogP contribution in [0.3, 0.4) is 0 Å². The molecular weight excluding hydrogens is 467 g/mol. The maximum atomic E-state index is 13.0. The van der Waals surface area contributed by atoms with Crippen molar-refractivity contribution in [1.82, 2.24) is 20.3 Å². The first-order chi connectivity index (χ1) is 16.1. The van der Waals surface area contributed by atoms with Crippen molar-refractivity contribution < 1.29 is 23.1 Å². The molecule has 1 saturated carbocycles. The van der Waals surface area contributed by atoms with Crippen molar-refractivity contribution in [3.63, 3.8) is 0 Å². The Bertz CT molecular complexity index is 1190. The van der Waals surface area contributed by atoms with E-state index < -0.39 is 17.5 Å². The highest BCUT2D eigenvalue weighted by molar-refractivity contribution is 7.15. The molecule has 1 aliphatic carbocycles. The van der Waals surface area contributed by atoms with Crippen molar-refractivity contribution >= 4 is 28.9 Å². The largest absolute Gasteiger partial charge is 0.433 e. The molecule has 0 spiro atoms. The fourth-order valence-electron chi connectivity index (χ4n) is 4.10. The van der Waals surface area contributed by atoms with Crippen molar-refractivity contribution in [2.24, 2.45) is 5.92 Å². The first-order valence-electron chi connectivity index (χ1n) is 10.8. The molecule has 3 N–H and O–H groups in total. The number of carbonyl (C=O) groups excluding carboxylic acids is 1. The lowest BCUT2D eigenvalue weighted by Gasteiger charge is -2.33. The fourth-order valence-corrected chi connectivity index (χ4v) is 5.15. The summed E-state index contributed by atoms with van der Waals surface area (Å²) in [5.41, 5.74) is 0.121. The van der Waals surface area contributed by atoms with Gasteiger partial charge in [0.05, 0.1) is 4.88 Å². The Hall–Kier alpha value is -3.05. The van der Waals surface area contributed by atoms with Gasteiger partial charge in [0.2, 0.25) is 11.9 Å². The number of carbonyl (C=O) groups is 1. The maximum absolute atomic E-state index is 13.0. The Kier molecular flexibility index (Phi) is 6.59. The molecule has 0 atom stereocenters. The molecular formula is C23H24F3N5O2S. The first kappa shape index (κ1) is 24.1. The van der Waals surface area contributed by atoms with Crippen molar-refractivity contribution in [2.75, 3.05) is 12.4 Å². The number of alkyl halides is 3. The Morgan fingerprint density at radius 3 is 2.62 bits per heavy atom. The molecule has 34 heavy (non-hydrogen) atoms. The number of halogens is 3. The van der Waals surface area contributed by atoms with E-state index in [0.29, 0.717) is 36.4 Å². The second-order valence-electron chi connectivity index (χ2n) is 8.43. The van der Waals surface area contributed by atoms with Gasteiger partial charge in [0.15, 0.2) is 0 Å². The molecule has 2 heterocycles. The van der Waals surface area contributed by atoms with Crippen LogP contribution >= 0.6 is 11.3 Å². The van der Waals surface area contributed by atoms with Crippen LogP contribution in [0.15, 0.2) is 36.7 Å². The van der Waals surface area contributed by atoms with E-state index in [1.54, 1.807) is 25.4 Å². The molecule has 7 nitrogen and oxygen atoms in total. The molecule has 3 aromatic rings. The number of amides is 1. The van der Waals surface area contributed by atoms with Crippen molar-refractivity contribution in [3.8, 4) is 10.4 Å². The van der Waals surface area contributed by atoms with Gasteiger partial charge in [-0.3, -0.25) is 4.79 Å². The number of thiazole rings is 1. The second kappa shape index (κ2) is 9.30. The predicted octanol–water partition coefficient (Wildman–Crippen LogP) is 4.79. The van der Waals surface area contributed by atoms with Crippen LogP contribution in [0.25, 0.3) is 10.4 Å². The maximum Gasteiger partial charge on any atom is 0.433 e. The second-order valence-corrected chi connectivity index (χ2v) is 9.46. The smallest absolute Gasteiger partial charge is 0.383 e. The average molecular weight is 492 g/mol. The SMILES string of the molecule is CNC(=O)[C@H]1CC[C@@](O)(c2ncc(-c3cc(C)cc(Nc4nccc(C(F)(F)F)n4)c3)s2)CC1. The van der Waals surface area contributed by atoms with E-state index in [9.17, 15) is 23.1 Å². The molecule has 0 radical (unpaired) electrons. The Balaban J connectivity index is 1.54. The minimum absolute atomic E-state index is 0.00795. The summed E-state index contributed by atoms with van der Waals surface area (Å²) in [7, 11) is 1.61. The molecule has 2 aromatic heterocycles. The van der Waals surface area contributed by atoms with Crippen molar-refractivity contribution in [1.29, 1.82) is 0 Å². The van der Waals surface area contributed by atoms with Gasteiger partial charge in [0.1, 0.15) is 16.3 Å². The molecule has 1 aliphatic rings. The third kappa shape index (κ3) is 5.20. The number of anilines is 2. The molecule has 0 aliphatic heterocycles. The van der Waals surface area contributed by atoms with Crippen molar-refractivity contribution in [2.45, 2.75) is 44.4 Å². The minimum Gasteiger partial charge on any atom is -0.383 e. The molecule has 1 fully saturated rings. The number of benzene rings is 1. The summed E-state index contributed by atoms with van der Waals surface area (Å²) in [5.74, 6) is -0.266. The predicted molar refractivity (Wildman–Crippen MR) is 123 cm³/mol. The van der Waals surface area contributed by atoms with Gasteiger partial charge in [-0.25, -0.2) is 15.0 Å². The highest BCUT2D eigenvalue weighted by atomic mass is 32.1. The van der Waals surface area contributed by atoms with E-state index in [1.807, 2.05) is 13.0 Å². The van der Waals surface area contributed by atoms with E-state index in [4.69, 9.17) is 0 Å².